The van der Waals surface area contributed by atoms with Gasteiger partial charge < -0.3 is 5.32 Å². The molecule has 2 bridgehead atoms. The molecule has 2 atom stereocenters. The van der Waals surface area contributed by atoms with E-state index in [4.69, 9.17) is 11.6 Å². The lowest BCUT2D eigenvalue weighted by atomic mass is 9.64. The highest BCUT2D eigenvalue weighted by Gasteiger charge is 2.72. The third-order valence-corrected chi connectivity index (χ3v) is 7.07. The molecule has 118 valence electrons. The van der Waals surface area contributed by atoms with E-state index < -0.39 is 5.41 Å². The van der Waals surface area contributed by atoms with Gasteiger partial charge in [-0.25, -0.2) is 0 Å². The average molecular weight is 320 g/mol. The van der Waals surface area contributed by atoms with E-state index >= 15 is 0 Å². The lowest BCUT2D eigenvalue weighted by Crippen LogP contribution is -2.43. The first-order chi connectivity index (χ1) is 10.2. The number of fused-ring (bicyclic) bond motifs is 2. The van der Waals surface area contributed by atoms with Crippen LogP contribution in [0.2, 0.25) is 5.02 Å². The van der Waals surface area contributed by atoms with Crippen molar-refractivity contribution < 1.29 is 9.59 Å². The highest BCUT2D eigenvalue weighted by molar-refractivity contribution is 6.31. The van der Waals surface area contributed by atoms with E-state index in [0.717, 1.165) is 24.1 Å². The zero-order valence-corrected chi connectivity index (χ0v) is 14.3. The first-order valence-corrected chi connectivity index (χ1v) is 8.13. The van der Waals surface area contributed by atoms with E-state index in [0.29, 0.717) is 11.4 Å². The Kier molecular flexibility index (Phi) is 3.23. The van der Waals surface area contributed by atoms with Crippen LogP contribution in [0.3, 0.4) is 0 Å². The molecule has 2 saturated carbocycles. The van der Waals surface area contributed by atoms with Crippen molar-refractivity contribution in [3.63, 3.8) is 0 Å². The minimum absolute atomic E-state index is 0.0440. The summed E-state index contributed by atoms with van der Waals surface area (Å²) in [5.41, 5.74) is 0.280. The summed E-state index contributed by atoms with van der Waals surface area (Å²) >= 11 is 6.13. The van der Waals surface area contributed by atoms with Gasteiger partial charge in [-0.1, -0.05) is 38.4 Å². The number of anilines is 1. The second-order valence-electron chi connectivity index (χ2n) is 7.51. The van der Waals surface area contributed by atoms with Crippen molar-refractivity contribution in [3.05, 3.63) is 28.8 Å². The molecule has 3 rings (SSSR count). The van der Waals surface area contributed by atoms with Crippen molar-refractivity contribution >= 4 is 29.0 Å². The highest BCUT2D eigenvalue weighted by Crippen LogP contribution is 2.70. The van der Waals surface area contributed by atoms with E-state index in [1.807, 2.05) is 26.0 Å². The molecule has 2 aliphatic carbocycles. The number of hydrogen-bond donors (Lipinski definition) is 1. The maximum Gasteiger partial charge on any atom is 0.231 e. The molecule has 2 aliphatic rings. The zero-order valence-electron chi connectivity index (χ0n) is 13.5. The van der Waals surface area contributed by atoms with E-state index in [1.165, 1.54) is 0 Å². The summed E-state index contributed by atoms with van der Waals surface area (Å²) in [4.78, 5) is 25.5. The number of benzene rings is 1. The molecule has 1 aromatic carbocycles. The topological polar surface area (TPSA) is 46.2 Å². The zero-order chi connectivity index (χ0) is 16.3. The molecular weight excluding hydrogens is 298 g/mol. The van der Waals surface area contributed by atoms with Crippen LogP contribution in [0.4, 0.5) is 5.69 Å². The number of carbonyl (C=O) groups excluding carboxylic acids is 2. The van der Waals surface area contributed by atoms with E-state index in [1.54, 1.807) is 6.07 Å². The molecule has 0 spiro atoms. The summed E-state index contributed by atoms with van der Waals surface area (Å²) in [7, 11) is 0. The largest absolute Gasteiger partial charge is 0.325 e. The number of rotatable bonds is 2. The van der Waals surface area contributed by atoms with E-state index in [2.05, 4.69) is 19.2 Å². The van der Waals surface area contributed by atoms with E-state index in [-0.39, 0.29) is 22.5 Å². The third kappa shape index (κ3) is 1.69. The molecule has 4 heteroatoms. The van der Waals surface area contributed by atoms with Crippen LogP contribution in [0.25, 0.3) is 0 Å². The summed E-state index contributed by atoms with van der Waals surface area (Å²) in [6.07, 6.45) is 1.91. The van der Waals surface area contributed by atoms with Crippen LogP contribution in [0.5, 0.6) is 0 Å². The molecule has 22 heavy (non-hydrogen) atoms. The SMILES string of the molecule is Cc1c(Cl)cccc1NC(=O)C12CCC(C)(C(=O)C1)C2(C)C. The number of hydrogen-bond acceptors (Lipinski definition) is 2. The molecule has 2 fully saturated rings. The van der Waals surface area contributed by atoms with Gasteiger partial charge in [0.2, 0.25) is 5.91 Å². The van der Waals surface area contributed by atoms with Crippen molar-refractivity contribution in [2.75, 3.05) is 5.32 Å². The summed E-state index contributed by atoms with van der Waals surface area (Å²) in [5, 5.41) is 3.66. The molecule has 1 N–H and O–H groups in total. The maximum absolute atomic E-state index is 13.1. The molecule has 1 aromatic rings. The van der Waals surface area contributed by atoms with Crippen LogP contribution in [0.15, 0.2) is 18.2 Å². The number of nitrogens with one attached hydrogen (secondary N) is 1. The van der Waals surface area contributed by atoms with Crippen molar-refractivity contribution in [3.8, 4) is 0 Å². The van der Waals surface area contributed by atoms with Gasteiger partial charge in [-0.15, -0.1) is 0 Å². The Morgan fingerprint density at radius 1 is 1.23 bits per heavy atom. The standard InChI is InChI=1S/C18H22ClNO2/c1-11-12(19)6-5-7-13(11)20-15(22)18-9-8-17(4,14(21)10-18)16(18,2)3/h5-7H,8-10H2,1-4H3,(H,20,22). The number of amides is 1. The van der Waals surface area contributed by atoms with Crippen molar-refractivity contribution in [1.82, 2.24) is 0 Å². The van der Waals surface area contributed by atoms with Gasteiger partial charge in [-0.3, -0.25) is 9.59 Å². The van der Waals surface area contributed by atoms with Crippen LogP contribution in [0, 0.1) is 23.2 Å². The van der Waals surface area contributed by atoms with Crippen LogP contribution in [-0.2, 0) is 9.59 Å². The first-order valence-electron chi connectivity index (χ1n) is 7.76. The quantitative estimate of drug-likeness (QED) is 0.879. The Balaban J connectivity index is 1.96. The lowest BCUT2D eigenvalue weighted by molar-refractivity contribution is -0.131. The molecule has 0 saturated heterocycles. The molecular formula is C18H22ClNO2. The van der Waals surface area contributed by atoms with Gasteiger partial charge >= 0.3 is 0 Å². The molecule has 0 aliphatic heterocycles. The van der Waals surface area contributed by atoms with Gasteiger partial charge in [0, 0.05) is 22.5 Å². The predicted molar refractivity (Wildman–Crippen MR) is 88.0 cm³/mol. The molecule has 2 unspecified atom stereocenters. The van der Waals surface area contributed by atoms with Crippen molar-refractivity contribution in [2.24, 2.45) is 16.2 Å². The fourth-order valence-electron chi connectivity index (χ4n) is 4.35. The maximum atomic E-state index is 13.1. The van der Waals surface area contributed by atoms with Gasteiger partial charge in [0.25, 0.3) is 0 Å². The van der Waals surface area contributed by atoms with Gasteiger partial charge in [0.05, 0.1) is 5.41 Å². The van der Waals surface area contributed by atoms with Crippen molar-refractivity contribution in [1.29, 1.82) is 0 Å². The Morgan fingerprint density at radius 3 is 2.45 bits per heavy atom. The predicted octanol–water partition coefficient (Wildman–Crippen LogP) is 4.37. The fourth-order valence-corrected chi connectivity index (χ4v) is 4.52. The number of Topliss-reactive ketones (excluding diaryl/α,β-unsaturated/α-hetero) is 1. The first kappa shape index (κ1) is 15.5. The normalized spacial score (nSPS) is 32.3. The monoisotopic (exact) mass is 319 g/mol. The number of halogens is 1. The average Bonchev–Trinajstić information content (AvgIpc) is 2.74. The Morgan fingerprint density at radius 2 is 1.91 bits per heavy atom. The van der Waals surface area contributed by atoms with Crippen LogP contribution in [0.1, 0.15) is 45.6 Å². The summed E-state index contributed by atoms with van der Waals surface area (Å²) < 4.78 is 0. The van der Waals surface area contributed by atoms with Crippen LogP contribution >= 0.6 is 11.6 Å². The minimum atomic E-state index is -0.604. The summed E-state index contributed by atoms with van der Waals surface area (Å²) in [6, 6.07) is 5.49. The highest BCUT2D eigenvalue weighted by atomic mass is 35.5. The van der Waals surface area contributed by atoms with Gasteiger partial charge in [-0.2, -0.15) is 0 Å². The second-order valence-corrected chi connectivity index (χ2v) is 7.91. The third-order valence-electron chi connectivity index (χ3n) is 6.66. The molecule has 3 nitrogen and oxygen atoms in total. The minimum Gasteiger partial charge on any atom is -0.325 e. The summed E-state index contributed by atoms with van der Waals surface area (Å²) in [6.45, 7) is 8.03. The van der Waals surface area contributed by atoms with Crippen LogP contribution < -0.4 is 5.32 Å². The lowest BCUT2D eigenvalue weighted by Gasteiger charge is -2.38. The van der Waals surface area contributed by atoms with Crippen LogP contribution in [-0.4, -0.2) is 11.7 Å². The number of ketones is 1. The van der Waals surface area contributed by atoms with Gasteiger partial charge in [-0.05, 0) is 42.9 Å². The van der Waals surface area contributed by atoms with Gasteiger partial charge in [0.1, 0.15) is 5.78 Å². The molecule has 1 amide bonds. The second kappa shape index (κ2) is 4.58. The smallest absolute Gasteiger partial charge is 0.231 e. The Bertz CT molecular complexity index is 682. The Labute approximate surface area is 136 Å². The molecule has 0 radical (unpaired) electrons. The molecule has 0 heterocycles. The fraction of sp³-hybridized carbons (Fsp3) is 0.556. The Hall–Kier alpha value is -1.35. The summed E-state index contributed by atoms with van der Waals surface area (Å²) in [5.74, 6) is 0.180. The van der Waals surface area contributed by atoms with E-state index in [9.17, 15) is 9.59 Å². The number of carbonyl (C=O) groups is 2. The van der Waals surface area contributed by atoms with Crippen molar-refractivity contribution in [2.45, 2.75) is 47.0 Å². The molecule has 0 aromatic heterocycles. The van der Waals surface area contributed by atoms with Gasteiger partial charge in [0.15, 0.2) is 0 Å².